The lowest BCUT2D eigenvalue weighted by Crippen LogP contribution is -2.32. The van der Waals surface area contributed by atoms with Crippen molar-refractivity contribution in [2.24, 2.45) is 5.10 Å². The molecule has 1 aromatic carbocycles. The Morgan fingerprint density at radius 3 is 2.33 bits per heavy atom. The van der Waals surface area contributed by atoms with Gasteiger partial charge in [0, 0.05) is 11.4 Å². The smallest absolute Gasteiger partial charge is 0.338 e. The van der Waals surface area contributed by atoms with E-state index in [2.05, 4.69) is 22.8 Å². The molecular weight excluding hydrogens is 310 g/mol. The van der Waals surface area contributed by atoms with Crippen molar-refractivity contribution in [2.45, 2.75) is 40.0 Å². The number of unbranched alkanes of at least 4 members (excludes halogenated alkanes) is 1. The van der Waals surface area contributed by atoms with Gasteiger partial charge in [0.15, 0.2) is 0 Å². The highest BCUT2D eigenvalue weighted by Gasteiger charge is 2.13. The number of hydrogen-bond acceptors (Lipinski definition) is 5. The monoisotopic (exact) mass is 333 g/mol. The van der Waals surface area contributed by atoms with Gasteiger partial charge in [0.05, 0.1) is 12.2 Å². The van der Waals surface area contributed by atoms with E-state index in [-0.39, 0.29) is 6.61 Å². The highest BCUT2D eigenvalue weighted by atomic mass is 16.5. The van der Waals surface area contributed by atoms with E-state index in [1.54, 1.807) is 13.8 Å². The number of anilines is 1. The first-order chi connectivity index (χ1) is 11.5. The van der Waals surface area contributed by atoms with Crippen LogP contribution in [0.5, 0.6) is 0 Å². The van der Waals surface area contributed by atoms with Crippen LogP contribution in [-0.4, -0.2) is 30.1 Å². The molecule has 0 atom stereocenters. The van der Waals surface area contributed by atoms with Crippen LogP contribution < -0.4 is 10.7 Å². The molecule has 0 aromatic heterocycles. The summed E-state index contributed by atoms with van der Waals surface area (Å²) in [5.41, 5.74) is 3.75. The van der Waals surface area contributed by atoms with E-state index in [1.165, 1.54) is 24.3 Å². The fourth-order valence-electron chi connectivity index (χ4n) is 1.78. The summed E-state index contributed by atoms with van der Waals surface area (Å²) in [6.07, 6.45) is 2.78. The fourth-order valence-corrected chi connectivity index (χ4v) is 1.78. The van der Waals surface area contributed by atoms with Crippen LogP contribution in [0.1, 0.15) is 50.4 Å². The predicted molar refractivity (Wildman–Crippen MR) is 91.8 cm³/mol. The van der Waals surface area contributed by atoms with Gasteiger partial charge in [0.1, 0.15) is 0 Å². The highest BCUT2D eigenvalue weighted by Crippen LogP contribution is 2.10. The van der Waals surface area contributed by atoms with E-state index in [4.69, 9.17) is 4.74 Å². The third-order valence-corrected chi connectivity index (χ3v) is 3.10. The summed E-state index contributed by atoms with van der Waals surface area (Å²) < 4.78 is 4.86. The molecule has 0 aliphatic heterocycles. The molecule has 0 heterocycles. The van der Waals surface area contributed by atoms with Gasteiger partial charge in [0.2, 0.25) is 0 Å². The molecule has 0 radical (unpaired) electrons. The number of carbonyl (C=O) groups is 3. The fraction of sp³-hybridized carbons (Fsp3) is 0.412. The van der Waals surface area contributed by atoms with E-state index in [0.29, 0.717) is 11.3 Å². The SMILES string of the molecule is CCCC/C(C)=N\NC(=O)C(=O)Nc1ccc(C(=O)OCC)cc1. The van der Waals surface area contributed by atoms with Gasteiger partial charge in [-0.05, 0) is 51.0 Å². The summed E-state index contributed by atoms with van der Waals surface area (Å²) in [7, 11) is 0. The van der Waals surface area contributed by atoms with Crippen molar-refractivity contribution >= 4 is 29.2 Å². The molecule has 2 amide bonds. The van der Waals surface area contributed by atoms with Crippen LogP contribution in [0.3, 0.4) is 0 Å². The average molecular weight is 333 g/mol. The quantitative estimate of drug-likeness (QED) is 0.347. The third kappa shape index (κ3) is 6.60. The van der Waals surface area contributed by atoms with Gasteiger partial charge in [-0.1, -0.05) is 13.3 Å². The van der Waals surface area contributed by atoms with E-state index < -0.39 is 17.8 Å². The summed E-state index contributed by atoms with van der Waals surface area (Å²) in [5.74, 6) is -2.11. The number of benzene rings is 1. The van der Waals surface area contributed by atoms with Gasteiger partial charge >= 0.3 is 17.8 Å². The molecule has 7 nitrogen and oxygen atoms in total. The first kappa shape index (κ1) is 19.3. The van der Waals surface area contributed by atoms with Gasteiger partial charge in [0.25, 0.3) is 0 Å². The Hall–Kier alpha value is -2.70. The number of esters is 1. The van der Waals surface area contributed by atoms with Crippen molar-refractivity contribution in [1.82, 2.24) is 5.43 Å². The summed E-state index contributed by atoms with van der Waals surface area (Å²) in [4.78, 5) is 35.0. The van der Waals surface area contributed by atoms with Crippen LogP contribution in [-0.2, 0) is 14.3 Å². The maximum absolute atomic E-state index is 11.8. The zero-order chi connectivity index (χ0) is 17.9. The Kier molecular flexibility index (Phi) is 8.18. The van der Waals surface area contributed by atoms with E-state index >= 15 is 0 Å². The molecule has 0 aliphatic carbocycles. The van der Waals surface area contributed by atoms with Crippen LogP contribution in [0.15, 0.2) is 29.4 Å². The zero-order valence-electron chi connectivity index (χ0n) is 14.2. The summed E-state index contributed by atoms with van der Waals surface area (Å²) in [6, 6.07) is 6.07. The lowest BCUT2D eigenvalue weighted by Gasteiger charge is -2.06. The average Bonchev–Trinajstić information content (AvgIpc) is 2.58. The van der Waals surface area contributed by atoms with E-state index in [9.17, 15) is 14.4 Å². The molecule has 130 valence electrons. The highest BCUT2D eigenvalue weighted by molar-refractivity contribution is 6.39. The Balaban J connectivity index is 2.55. The summed E-state index contributed by atoms with van der Waals surface area (Å²) in [6.45, 7) is 5.86. The molecule has 0 unspecified atom stereocenters. The molecular formula is C17H23N3O4. The van der Waals surface area contributed by atoms with Crippen molar-refractivity contribution in [2.75, 3.05) is 11.9 Å². The maximum Gasteiger partial charge on any atom is 0.338 e. The number of rotatable bonds is 7. The number of nitrogens with zero attached hydrogens (tertiary/aromatic N) is 1. The normalized spacial score (nSPS) is 10.9. The van der Waals surface area contributed by atoms with Crippen molar-refractivity contribution in [3.05, 3.63) is 29.8 Å². The summed E-state index contributed by atoms with van der Waals surface area (Å²) in [5, 5.41) is 6.31. The second kappa shape index (κ2) is 10.1. The van der Waals surface area contributed by atoms with E-state index in [1.807, 2.05) is 0 Å². The van der Waals surface area contributed by atoms with Gasteiger partial charge in [-0.15, -0.1) is 0 Å². The minimum absolute atomic E-state index is 0.287. The van der Waals surface area contributed by atoms with E-state index in [0.717, 1.165) is 25.0 Å². The Morgan fingerprint density at radius 1 is 1.08 bits per heavy atom. The van der Waals surface area contributed by atoms with Crippen molar-refractivity contribution in [3.8, 4) is 0 Å². The van der Waals surface area contributed by atoms with Crippen LogP contribution in [0.4, 0.5) is 5.69 Å². The number of amides is 2. The molecule has 0 bridgehead atoms. The van der Waals surface area contributed by atoms with Gasteiger partial charge in [-0.2, -0.15) is 5.10 Å². The first-order valence-electron chi connectivity index (χ1n) is 7.89. The molecule has 0 fully saturated rings. The number of ether oxygens (including phenoxy) is 1. The van der Waals surface area contributed by atoms with Crippen LogP contribution in [0, 0.1) is 0 Å². The Bertz CT molecular complexity index is 609. The topological polar surface area (TPSA) is 96.9 Å². The summed E-state index contributed by atoms with van der Waals surface area (Å²) >= 11 is 0. The molecule has 0 saturated heterocycles. The largest absolute Gasteiger partial charge is 0.462 e. The van der Waals surface area contributed by atoms with Crippen molar-refractivity contribution in [3.63, 3.8) is 0 Å². The molecule has 1 rings (SSSR count). The van der Waals surface area contributed by atoms with Crippen molar-refractivity contribution < 1.29 is 19.1 Å². The molecule has 1 aromatic rings. The number of hydrazone groups is 1. The lowest BCUT2D eigenvalue weighted by molar-refractivity contribution is -0.136. The second-order valence-electron chi connectivity index (χ2n) is 5.14. The minimum Gasteiger partial charge on any atom is -0.462 e. The Labute approximate surface area is 141 Å². The first-order valence-corrected chi connectivity index (χ1v) is 7.89. The molecule has 24 heavy (non-hydrogen) atoms. The van der Waals surface area contributed by atoms with Gasteiger partial charge in [-0.3, -0.25) is 9.59 Å². The van der Waals surface area contributed by atoms with Gasteiger partial charge < -0.3 is 10.1 Å². The van der Waals surface area contributed by atoms with Crippen LogP contribution >= 0.6 is 0 Å². The van der Waals surface area contributed by atoms with Crippen LogP contribution in [0.25, 0.3) is 0 Å². The van der Waals surface area contributed by atoms with Crippen molar-refractivity contribution in [1.29, 1.82) is 0 Å². The lowest BCUT2D eigenvalue weighted by atomic mass is 10.2. The number of nitrogens with one attached hydrogen (secondary N) is 2. The molecule has 7 heteroatoms. The number of carbonyl (C=O) groups excluding carboxylic acids is 3. The maximum atomic E-state index is 11.8. The molecule has 0 aliphatic rings. The van der Waals surface area contributed by atoms with Crippen LogP contribution in [0.2, 0.25) is 0 Å². The third-order valence-electron chi connectivity index (χ3n) is 3.10. The molecule has 2 N–H and O–H groups in total. The second-order valence-corrected chi connectivity index (χ2v) is 5.14. The standard InChI is InChI=1S/C17H23N3O4/c1-4-6-7-12(3)19-20-16(22)15(21)18-14-10-8-13(9-11-14)17(23)24-5-2/h8-11H,4-7H2,1-3H3,(H,18,21)(H,20,22)/b19-12-. The Morgan fingerprint density at radius 2 is 1.75 bits per heavy atom. The molecule has 0 saturated carbocycles. The minimum atomic E-state index is -0.847. The number of hydrogen-bond donors (Lipinski definition) is 2. The molecule has 0 spiro atoms. The van der Waals surface area contributed by atoms with Gasteiger partial charge in [-0.25, -0.2) is 10.2 Å². The predicted octanol–water partition coefficient (Wildman–Crippen LogP) is 2.48. The zero-order valence-corrected chi connectivity index (χ0v) is 14.2.